The van der Waals surface area contributed by atoms with Gasteiger partial charge in [0.2, 0.25) is 0 Å². The van der Waals surface area contributed by atoms with E-state index in [1.165, 1.54) is 50.2 Å². The molecular weight excluding hydrogens is 220 g/mol. The highest BCUT2D eigenvalue weighted by molar-refractivity contribution is 5.85. The monoisotopic (exact) mass is 244 g/mol. The molecule has 1 aliphatic carbocycles. The summed E-state index contributed by atoms with van der Waals surface area (Å²) in [4.78, 5) is 7.23. The molecule has 1 saturated heterocycles. The lowest BCUT2D eigenvalue weighted by Gasteiger charge is -2.39. The molecule has 2 heteroatoms. The van der Waals surface area contributed by atoms with Crippen molar-refractivity contribution in [1.29, 1.82) is 0 Å². The van der Waals surface area contributed by atoms with E-state index in [9.17, 15) is 0 Å². The Kier molecular flexibility index (Phi) is 3.27. The molecule has 1 fully saturated rings. The number of allylic oxidation sites excluding steroid dienone is 3. The number of rotatable bonds is 2. The van der Waals surface area contributed by atoms with Crippen LogP contribution < -0.4 is 0 Å². The van der Waals surface area contributed by atoms with Gasteiger partial charge in [0, 0.05) is 36.6 Å². The minimum absolute atomic E-state index is 0.671. The molecule has 0 saturated carbocycles. The predicted molar refractivity (Wildman–Crippen MR) is 76.5 cm³/mol. The Morgan fingerprint density at radius 3 is 3.17 bits per heavy atom. The average molecular weight is 244 g/mol. The summed E-state index contributed by atoms with van der Waals surface area (Å²) in [5.74, 6) is 2.40. The third-order valence-electron chi connectivity index (χ3n) is 4.98. The lowest BCUT2D eigenvalue weighted by molar-refractivity contribution is 0.179. The molecule has 1 unspecified atom stereocenters. The zero-order valence-corrected chi connectivity index (χ0v) is 11.6. The van der Waals surface area contributed by atoms with Gasteiger partial charge in [0.25, 0.3) is 0 Å². The molecule has 2 aliphatic heterocycles. The van der Waals surface area contributed by atoms with Crippen LogP contribution in [0.2, 0.25) is 0 Å². The quantitative estimate of drug-likeness (QED) is 0.677. The maximum Gasteiger partial charge on any atom is 0.0459 e. The third-order valence-corrected chi connectivity index (χ3v) is 4.98. The zero-order valence-electron chi connectivity index (χ0n) is 11.6. The van der Waals surface area contributed by atoms with Crippen molar-refractivity contribution in [2.45, 2.75) is 39.5 Å². The van der Waals surface area contributed by atoms with Gasteiger partial charge in [-0.2, -0.15) is 0 Å². The van der Waals surface area contributed by atoms with Crippen molar-refractivity contribution in [3.8, 4) is 0 Å². The van der Waals surface area contributed by atoms with E-state index in [4.69, 9.17) is 0 Å². The molecule has 18 heavy (non-hydrogen) atoms. The molecule has 98 valence electrons. The van der Waals surface area contributed by atoms with E-state index < -0.39 is 0 Å². The molecule has 3 rings (SSSR count). The van der Waals surface area contributed by atoms with E-state index in [0.29, 0.717) is 5.92 Å². The molecule has 3 atom stereocenters. The van der Waals surface area contributed by atoms with Crippen molar-refractivity contribution in [2.75, 3.05) is 13.1 Å². The molecule has 0 aromatic heterocycles. The fourth-order valence-electron chi connectivity index (χ4n) is 3.63. The van der Waals surface area contributed by atoms with Crippen LogP contribution in [0, 0.1) is 17.8 Å². The smallest absolute Gasteiger partial charge is 0.0459 e. The summed E-state index contributed by atoms with van der Waals surface area (Å²) in [5, 5.41) is 0. The molecule has 0 aromatic carbocycles. The van der Waals surface area contributed by atoms with E-state index in [0.717, 1.165) is 11.8 Å². The highest BCUT2D eigenvalue weighted by atomic mass is 15.2. The van der Waals surface area contributed by atoms with Crippen LogP contribution in [0.4, 0.5) is 0 Å². The minimum Gasteiger partial charge on any atom is -0.373 e. The van der Waals surface area contributed by atoms with Crippen LogP contribution in [-0.2, 0) is 0 Å². The highest BCUT2D eigenvalue weighted by Crippen LogP contribution is 2.36. The Bertz CT molecular complexity index is 405. The molecule has 0 radical (unpaired) electrons. The first-order valence-electron chi connectivity index (χ1n) is 7.43. The second kappa shape index (κ2) is 4.91. The van der Waals surface area contributed by atoms with Gasteiger partial charge in [-0.3, -0.25) is 4.99 Å². The first kappa shape index (κ1) is 12.0. The zero-order chi connectivity index (χ0) is 12.5. The molecule has 0 amide bonds. The van der Waals surface area contributed by atoms with Crippen molar-refractivity contribution in [3.63, 3.8) is 0 Å². The fourth-order valence-corrected chi connectivity index (χ4v) is 3.63. The van der Waals surface area contributed by atoms with Gasteiger partial charge in [0.05, 0.1) is 0 Å². The SMILES string of the molecule is CCC1CC(N2CC[C@H]3C=CC[C@H]3C2)=CN=C1C. The molecule has 0 N–H and O–H groups in total. The molecule has 0 aromatic rings. The summed E-state index contributed by atoms with van der Waals surface area (Å²) >= 11 is 0. The fraction of sp³-hybridized carbons (Fsp3) is 0.688. The summed E-state index contributed by atoms with van der Waals surface area (Å²) in [6.45, 7) is 6.92. The normalized spacial score (nSPS) is 35.2. The van der Waals surface area contributed by atoms with E-state index in [-0.39, 0.29) is 0 Å². The molecule has 2 heterocycles. The predicted octanol–water partition coefficient (Wildman–Crippen LogP) is 3.62. The topological polar surface area (TPSA) is 15.6 Å². The van der Waals surface area contributed by atoms with Crippen LogP contribution in [0.3, 0.4) is 0 Å². The van der Waals surface area contributed by atoms with Gasteiger partial charge in [0.1, 0.15) is 0 Å². The number of hydrogen-bond acceptors (Lipinski definition) is 2. The molecule has 2 nitrogen and oxygen atoms in total. The Morgan fingerprint density at radius 1 is 1.44 bits per heavy atom. The Balaban J connectivity index is 1.69. The van der Waals surface area contributed by atoms with Gasteiger partial charge in [-0.1, -0.05) is 19.1 Å². The summed E-state index contributed by atoms with van der Waals surface area (Å²) < 4.78 is 0. The number of aliphatic imine (C=N–C) groups is 1. The summed E-state index contributed by atoms with van der Waals surface area (Å²) in [5.41, 5.74) is 2.80. The second-order valence-corrected chi connectivity index (χ2v) is 6.02. The molecule has 0 bridgehead atoms. The van der Waals surface area contributed by atoms with E-state index in [1.807, 2.05) is 0 Å². The number of hydrogen-bond donors (Lipinski definition) is 0. The van der Waals surface area contributed by atoms with Crippen LogP contribution >= 0.6 is 0 Å². The summed E-state index contributed by atoms with van der Waals surface area (Å²) in [6.07, 6.45) is 12.0. The van der Waals surface area contributed by atoms with Gasteiger partial charge < -0.3 is 4.90 Å². The largest absolute Gasteiger partial charge is 0.373 e. The standard InChI is InChI=1S/C16H24N2/c1-3-13-9-16(10-17-12(13)2)18-8-7-14-5-4-6-15(14)11-18/h4-5,10,13-15H,3,6-9,11H2,1-2H3/t13?,14-,15+/m1/s1. The average Bonchev–Trinajstić information content (AvgIpc) is 2.86. The minimum atomic E-state index is 0.671. The van der Waals surface area contributed by atoms with Gasteiger partial charge in [-0.25, -0.2) is 0 Å². The number of fused-ring (bicyclic) bond motifs is 1. The summed E-state index contributed by atoms with van der Waals surface area (Å²) in [6, 6.07) is 0. The van der Waals surface area contributed by atoms with Crippen molar-refractivity contribution in [2.24, 2.45) is 22.7 Å². The van der Waals surface area contributed by atoms with Crippen molar-refractivity contribution >= 4 is 5.71 Å². The Hall–Kier alpha value is -1.05. The maximum absolute atomic E-state index is 4.62. The van der Waals surface area contributed by atoms with Crippen LogP contribution in [-0.4, -0.2) is 23.7 Å². The Labute approximate surface area is 110 Å². The van der Waals surface area contributed by atoms with Gasteiger partial charge in [0.15, 0.2) is 0 Å². The van der Waals surface area contributed by atoms with Gasteiger partial charge >= 0.3 is 0 Å². The van der Waals surface area contributed by atoms with Gasteiger partial charge in [-0.05, 0) is 44.4 Å². The molecule has 3 aliphatic rings. The highest BCUT2D eigenvalue weighted by Gasteiger charge is 2.31. The molecule has 0 spiro atoms. The van der Waals surface area contributed by atoms with Crippen LogP contribution in [0.25, 0.3) is 0 Å². The van der Waals surface area contributed by atoms with Crippen molar-refractivity contribution < 1.29 is 0 Å². The number of likely N-dealkylation sites (tertiary alicyclic amines) is 1. The summed E-state index contributed by atoms with van der Waals surface area (Å²) in [7, 11) is 0. The first-order chi connectivity index (χ1) is 8.78. The number of piperidine rings is 1. The maximum atomic E-state index is 4.62. The second-order valence-electron chi connectivity index (χ2n) is 6.02. The van der Waals surface area contributed by atoms with Crippen LogP contribution in [0.5, 0.6) is 0 Å². The van der Waals surface area contributed by atoms with Crippen LogP contribution in [0.1, 0.15) is 39.5 Å². The molecular formula is C16H24N2. The Morgan fingerprint density at radius 2 is 2.33 bits per heavy atom. The number of nitrogens with zero attached hydrogens (tertiary/aromatic N) is 2. The van der Waals surface area contributed by atoms with Crippen molar-refractivity contribution in [3.05, 3.63) is 24.0 Å². The van der Waals surface area contributed by atoms with E-state index in [2.05, 4.69) is 42.1 Å². The van der Waals surface area contributed by atoms with Crippen LogP contribution in [0.15, 0.2) is 29.0 Å². The lowest BCUT2D eigenvalue weighted by atomic mass is 9.86. The van der Waals surface area contributed by atoms with Crippen molar-refractivity contribution in [1.82, 2.24) is 4.90 Å². The van der Waals surface area contributed by atoms with Gasteiger partial charge in [-0.15, -0.1) is 0 Å². The lowest BCUT2D eigenvalue weighted by Crippen LogP contribution is -2.39. The van der Waals surface area contributed by atoms with E-state index in [1.54, 1.807) is 0 Å². The first-order valence-corrected chi connectivity index (χ1v) is 7.43. The third kappa shape index (κ3) is 2.13. The van der Waals surface area contributed by atoms with E-state index >= 15 is 0 Å².